The molecule has 1 aromatic heterocycles. The zero-order valence-electron chi connectivity index (χ0n) is 12.2. The molecule has 0 aliphatic heterocycles. The van der Waals surface area contributed by atoms with Crippen molar-refractivity contribution in [1.82, 2.24) is 4.98 Å². The number of ether oxygens (including phenoxy) is 2. The Morgan fingerprint density at radius 2 is 1.85 bits per heavy atom. The van der Waals surface area contributed by atoms with Crippen LogP contribution >= 0.6 is 12.2 Å². The molecular formula is C14H23N3O2S. The molecule has 0 aliphatic rings. The van der Waals surface area contributed by atoms with Crippen LogP contribution in [-0.2, 0) is 9.47 Å². The van der Waals surface area contributed by atoms with Gasteiger partial charge in [-0.3, -0.25) is 0 Å². The lowest BCUT2D eigenvalue weighted by Crippen LogP contribution is -2.32. The first-order chi connectivity index (χ1) is 9.69. The van der Waals surface area contributed by atoms with Crippen molar-refractivity contribution < 1.29 is 9.47 Å². The molecule has 1 rings (SSSR count). The monoisotopic (exact) mass is 297 g/mol. The Labute approximate surface area is 126 Å². The molecule has 0 spiro atoms. The van der Waals surface area contributed by atoms with E-state index in [0.717, 1.165) is 24.5 Å². The molecule has 112 valence electrons. The van der Waals surface area contributed by atoms with Gasteiger partial charge in [-0.2, -0.15) is 0 Å². The van der Waals surface area contributed by atoms with E-state index in [9.17, 15) is 0 Å². The highest BCUT2D eigenvalue weighted by atomic mass is 32.1. The largest absolute Gasteiger partial charge is 0.389 e. The standard InChI is InChI=1S/C14H23N3O2S/c1-3-18-9-7-17(8-10-19-4-2)13-11-12(14(15)20)5-6-16-13/h5-6,11H,3-4,7-10H2,1-2H3,(H2,15,20). The molecule has 1 heterocycles. The normalized spacial score (nSPS) is 10.5. The lowest BCUT2D eigenvalue weighted by Gasteiger charge is -2.23. The average molecular weight is 297 g/mol. The topological polar surface area (TPSA) is 60.6 Å². The summed E-state index contributed by atoms with van der Waals surface area (Å²) in [5.74, 6) is 0.842. The Morgan fingerprint density at radius 3 is 2.35 bits per heavy atom. The molecule has 0 fully saturated rings. The summed E-state index contributed by atoms with van der Waals surface area (Å²) in [5, 5.41) is 0. The molecule has 0 aromatic carbocycles. The molecule has 0 amide bonds. The van der Waals surface area contributed by atoms with Crippen LogP contribution in [0.3, 0.4) is 0 Å². The van der Waals surface area contributed by atoms with Gasteiger partial charge in [0.2, 0.25) is 0 Å². The van der Waals surface area contributed by atoms with E-state index in [2.05, 4.69) is 9.88 Å². The Hall–Kier alpha value is -1.24. The van der Waals surface area contributed by atoms with Crippen molar-refractivity contribution in [3.8, 4) is 0 Å². The van der Waals surface area contributed by atoms with Gasteiger partial charge in [0.25, 0.3) is 0 Å². The second-order valence-electron chi connectivity index (χ2n) is 4.15. The fourth-order valence-electron chi connectivity index (χ4n) is 1.72. The third kappa shape index (κ3) is 5.81. The number of nitrogens with two attached hydrogens (primary N) is 1. The fourth-order valence-corrected chi connectivity index (χ4v) is 1.85. The number of rotatable bonds is 10. The van der Waals surface area contributed by atoms with Crippen molar-refractivity contribution in [3.05, 3.63) is 23.9 Å². The van der Waals surface area contributed by atoms with Gasteiger partial charge in [0.05, 0.1) is 13.2 Å². The Bertz CT molecular complexity index is 405. The van der Waals surface area contributed by atoms with Gasteiger partial charge in [0.15, 0.2) is 0 Å². The highest BCUT2D eigenvalue weighted by Gasteiger charge is 2.09. The molecule has 0 unspecified atom stereocenters. The van der Waals surface area contributed by atoms with Crippen LogP contribution in [0, 0.1) is 0 Å². The first-order valence-corrected chi connectivity index (χ1v) is 7.26. The molecule has 20 heavy (non-hydrogen) atoms. The quantitative estimate of drug-likeness (QED) is 0.523. The van der Waals surface area contributed by atoms with Crippen LogP contribution in [0.15, 0.2) is 18.3 Å². The van der Waals surface area contributed by atoms with E-state index in [4.69, 9.17) is 27.4 Å². The summed E-state index contributed by atoms with van der Waals surface area (Å²) >= 11 is 5.00. The lowest BCUT2D eigenvalue weighted by molar-refractivity contribution is 0.141. The van der Waals surface area contributed by atoms with Crippen molar-refractivity contribution >= 4 is 23.0 Å². The third-order valence-corrected chi connectivity index (χ3v) is 3.01. The Kier molecular flexibility index (Phi) is 8.10. The van der Waals surface area contributed by atoms with Crippen LogP contribution in [0.2, 0.25) is 0 Å². The Morgan fingerprint density at radius 1 is 1.25 bits per heavy atom. The molecule has 2 N–H and O–H groups in total. The van der Waals surface area contributed by atoms with E-state index in [1.807, 2.05) is 26.0 Å². The molecule has 0 aliphatic carbocycles. The predicted octanol–water partition coefficient (Wildman–Crippen LogP) is 1.60. The maximum absolute atomic E-state index is 5.66. The molecule has 6 heteroatoms. The van der Waals surface area contributed by atoms with Crippen LogP contribution in [0.1, 0.15) is 19.4 Å². The van der Waals surface area contributed by atoms with Gasteiger partial charge in [0, 0.05) is 38.1 Å². The maximum atomic E-state index is 5.66. The first-order valence-electron chi connectivity index (χ1n) is 6.85. The molecule has 0 radical (unpaired) electrons. The highest BCUT2D eigenvalue weighted by molar-refractivity contribution is 7.80. The van der Waals surface area contributed by atoms with Gasteiger partial charge in [-0.15, -0.1) is 0 Å². The minimum absolute atomic E-state index is 0.378. The van der Waals surface area contributed by atoms with Crippen molar-refractivity contribution in [1.29, 1.82) is 0 Å². The number of nitrogens with zero attached hydrogens (tertiary/aromatic N) is 2. The van der Waals surface area contributed by atoms with E-state index < -0.39 is 0 Å². The van der Waals surface area contributed by atoms with Gasteiger partial charge >= 0.3 is 0 Å². The van der Waals surface area contributed by atoms with Gasteiger partial charge < -0.3 is 20.1 Å². The SMILES string of the molecule is CCOCCN(CCOCC)c1cc(C(N)=S)ccn1. The number of pyridine rings is 1. The lowest BCUT2D eigenvalue weighted by atomic mass is 10.2. The number of aromatic nitrogens is 1. The summed E-state index contributed by atoms with van der Waals surface area (Å²) in [6.07, 6.45) is 1.72. The number of thiocarbonyl (C=S) groups is 1. The van der Waals surface area contributed by atoms with Crippen LogP contribution < -0.4 is 10.6 Å². The third-order valence-electron chi connectivity index (χ3n) is 2.77. The summed E-state index contributed by atoms with van der Waals surface area (Å²) in [6, 6.07) is 3.72. The van der Waals surface area contributed by atoms with Gasteiger partial charge in [-0.1, -0.05) is 12.2 Å². The van der Waals surface area contributed by atoms with Crippen molar-refractivity contribution in [3.63, 3.8) is 0 Å². The van der Waals surface area contributed by atoms with Gasteiger partial charge in [-0.25, -0.2) is 4.98 Å². The molecule has 5 nitrogen and oxygen atoms in total. The van der Waals surface area contributed by atoms with Crippen LogP contribution in [0.25, 0.3) is 0 Å². The molecule has 0 bridgehead atoms. The maximum Gasteiger partial charge on any atom is 0.129 e. The predicted molar refractivity (Wildman–Crippen MR) is 85.3 cm³/mol. The number of anilines is 1. The molecule has 1 aromatic rings. The minimum Gasteiger partial charge on any atom is -0.389 e. The summed E-state index contributed by atoms with van der Waals surface area (Å²) in [5.41, 5.74) is 6.48. The van der Waals surface area contributed by atoms with E-state index in [0.29, 0.717) is 31.4 Å². The number of hydrogen-bond acceptors (Lipinski definition) is 5. The second-order valence-corrected chi connectivity index (χ2v) is 4.59. The van der Waals surface area contributed by atoms with Crippen molar-refractivity contribution in [2.75, 3.05) is 44.4 Å². The minimum atomic E-state index is 0.378. The van der Waals surface area contributed by atoms with E-state index >= 15 is 0 Å². The zero-order chi connectivity index (χ0) is 14.8. The highest BCUT2D eigenvalue weighted by Crippen LogP contribution is 2.12. The Balaban J connectivity index is 2.73. The summed E-state index contributed by atoms with van der Waals surface area (Å²) in [7, 11) is 0. The molecule has 0 atom stereocenters. The smallest absolute Gasteiger partial charge is 0.129 e. The van der Waals surface area contributed by atoms with Crippen LogP contribution in [0.4, 0.5) is 5.82 Å². The fraction of sp³-hybridized carbons (Fsp3) is 0.571. The molecule has 0 saturated heterocycles. The van der Waals surface area contributed by atoms with E-state index in [-0.39, 0.29) is 0 Å². The van der Waals surface area contributed by atoms with Crippen molar-refractivity contribution in [2.24, 2.45) is 5.73 Å². The summed E-state index contributed by atoms with van der Waals surface area (Å²) in [6.45, 7) is 8.21. The van der Waals surface area contributed by atoms with E-state index in [1.165, 1.54) is 0 Å². The zero-order valence-corrected chi connectivity index (χ0v) is 13.0. The van der Waals surface area contributed by atoms with Gasteiger partial charge in [-0.05, 0) is 26.0 Å². The van der Waals surface area contributed by atoms with Crippen molar-refractivity contribution in [2.45, 2.75) is 13.8 Å². The molecular weight excluding hydrogens is 274 g/mol. The summed E-state index contributed by atoms with van der Waals surface area (Å²) < 4.78 is 10.8. The molecule has 0 saturated carbocycles. The number of hydrogen-bond donors (Lipinski definition) is 1. The van der Waals surface area contributed by atoms with E-state index in [1.54, 1.807) is 6.20 Å². The first kappa shape index (κ1) is 16.8. The average Bonchev–Trinajstić information content (AvgIpc) is 2.46. The summed E-state index contributed by atoms with van der Waals surface area (Å²) in [4.78, 5) is 6.88. The van der Waals surface area contributed by atoms with Crippen LogP contribution in [-0.4, -0.2) is 49.5 Å². The van der Waals surface area contributed by atoms with Crippen LogP contribution in [0.5, 0.6) is 0 Å². The second kappa shape index (κ2) is 9.63. The van der Waals surface area contributed by atoms with Gasteiger partial charge in [0.1, 0.15) is 10.8 Å².